The van der Waals surface area contributed by atoms with Crippen LogP contribution in [0.25, 0.3) is 0 Å². The van der Waals surface area contributed by atoms with E-state index >= 15 is 0 Å². The molecule has 0 spiro atoms. The number of carboxylic acids is 1. The van der Waals surface area contributed by atoms with E-state index in [2.05, 4.69) is 26.6 Å². The van der Waals surface area contributed by atoms with Crippen molar-refractivity contribution in [1.29, 1.82) is 0 Å². The van der Waals surface area contributed by atoms with Crippen molar-refractivity contribution in [2.45, 2.75) is 12.5 Å². The first-order valence-electron chi connectivity index (χ1n) is 5.70. The summed E-state index contributed by atoms with van der Waals surface area (Å²) in [5, 5.41) is 32.7. The number of anilines is 1. The summed E-state index contributed by atoms with van der Waals surface area (Å²) in [6.07, 6.45) is -0.150. The van der Waals surface area contributed by atoms with Crippen molar-refractivity contribution in [3.05, 3.63) is 32.8 Å². The summed E-state index contributed by atoms with van der Waals surface area (Å²) >= 11 is 3.00. The highest BCUT2D eigenvalue weighted by molar-refractivity contribution is 9.10. The van der Waals surface area contributed by atoms with Crippen LogP contribution in [0.4, 0.5) is 16.2 Å². The second kappa shape index (κ2) is 7.55. The largest absolute Gasteiger partial charge is 0.480 e. The summed E-state index contributed by atoms with van der Waals surface area (Å²) in [5.74, 6) is -1.29. The number of nitrogens with zero attached hydrogens (tertiary/aromatic N) is 1. The second-order valence-corrected chi connectivity index (χ2v) is 4.78. The zero-order chi connectivity index (χ0) is 16.0. The van der Waals surface area contributed by atoms with E-state index in [0.717, 1.165) is 6.07 Å². The number of carbonyl (C=O) groups is 2. The first-order valence-corrected chi connectivity index (χ1v) is 6.49. The standard InChI is InChI=1S/C11H12BrN3O6/c12-7-2-1-6(5-9(7)15(20)21)13-11(19)14-8(3-4-16)10(17)18/h1-2,5,8,16H,3-4H2,(H,17,18)(H2,13,14,19)/t8-/m0/s1. The van der Waals surface area contributed by atoms with E-state index in [0.29, 0.717) is 0 Å². The molecule has 1 aromatic rings. The quantitative estimate of drug-likeness (QED) is 0.444. The van der Waals surface area contributed by atoms with E-state index in [4.69, 9.17) is 10.2 Å². The minimum atomic E-state index is -1.29. The molecule has 0 heterocycles. The number of carboxylic acid groups (broad SMARTS) is 1. The molecule has 0 fully saturated rings. The number of hydrogen-bond acceptors (Lipinski definition) is 5. The Morgan fingerprint density at radius 1 is 1.43 bits per heavy atom. The van der Waals surface area contributed by atoms with Crippen molar-refractivity contribution in [2.75, 3.05) is 11.9 Å². The molecule has 21 heavy (non-hydrogen) atoms. The van der Waals surface area contributed by atoms with Crippen LogP contribution in [0.1, 0.15) is 6.42 Å². The summed E-state index contributed by atoms with van der Waals surface area (Å²) in [6, 6.07) is 1.84. The Hall–Kier alpha value is -2.20. The Labute approximate surface area is 127 Å². The van der Waals surface area contributed by atoms with Crippen molar-refractivity contribution in [1.82, 2.24) is 5.32 Å². The number of carbonyl (C=O) groups excluding carboxylic acids is 1. The number of nitro benzene ring substituents is 1. The number of hydrogen-bond donors (Lipinski definition) is 4. The van der Waals surface area contributed by atoms with E-state index in [1.165, 1.54) is 12.1 Å². The fourth-order valence-electron chi connectivity index (χ4n) is 1.44. The predicted octanol–water partition coefficient (Wildman–Crippen LogP) is 1.31. The predicted molar refractivity (Wildman–Crippen MR) is 76.1 cm³/mol. The minimum Gasteiger partial charge on any atom is -0.480 e. The van der Waals surface area contributed by atoms with Crippen LogP contribution in [0.5, 0.6) is 0 Å². The Balaban J connectivity index is 2.77. The van der Waals surface area contributed by atoms with Gasteiger partial charge in [0, 0.05) is 24.8 Å². The molecule has 0 saturated carbocycles. The summed E-state index contributed by atoms with van der Waals surface area (Å²) < 4.78 is 0.252. The van der Waals surface area contributed by atoms with Crippen LogP contribution in [0, 0.1) is 10.1 Å². The van der Waals surface area contributed by atoms with Crippen LogP contribution >= 0.6 is 15.9 Å². The Morgan fingerprint density at radius 2 is 2.10 bits per heavy atom. The van der Waals surface area contributed by atoms with Crippen LogP contribution < -0.4 is 10.6 Å². The molecule has 2 amide bonds. The zero-order valence-corrected chi connectivity index (χ0v) is 12.2. The van der Waals surface area contributed by atoms with Crippen LogP contribution in [-0.4, -0.2) is 39.8 Å². The normalized spacial score (nSPS) is 11.5. The summed E-state index contributed by atoms with van der Waals surface area (Å²) in [6.45, 7) is -0.402. The molecule has 114 valence electrons. The van der Waals surface area contributed by atoms with Gasteiger partial charge in [-0.25, -0.2) is 9.59 Å². The van der Waals surface area contributed by atoms with Crippen LogP contribution in [0.3, 0.4) is 0 Å². The smallest absolute Gasteiger partial charge is 0.326 e. The number of urea groups is 1. The lowest BCUT2D eigenvalue weighted by atomic mass is 10.2. The average Bonchev–Trinajstić information content (AvgIpc) is 2.40. The van der Waals surface area contributed by atoms with Gasteiger partial charge in [0.2, 0.25) is 0 Å². The number of aliphatic carboxylic acids is 1. The molecule has 0 aromatic heterocycles. The Bertz CT molecular complexity index is 565. The van der Waals surface area contributed by atoms with Crippen molar-refractivity contribution >= 4 is 39.3 Å². The third-order valence-electron chi connectivity index (χ3n) is 2.42. The SMILES string of the molecule is O=C(Nc1ccc(Br)c([N+](=O)[O-])c1)N[C@@H](CCO)C(=O)O. The molecule has 0 aliphatic rings. The van der Waals surface area contributed by atoms with Gasteiger partial charge >= 0.3 is 12.0 Å². The molecule has 1 rings (SSSR count). The Morgan fingerprint density at radius 3 is 2.62 bits per heavy atom. The number of nitrogens with one attached hydrogen (secondary N) is 2. The molecule has 9 nitrogen and oxygen atoms in total. The molecule has 0 aliphatic heterocycles. The van der Waals surface area contributed by atoms with Gasteiger partial charge in [-0.3, -0.25) is 10.1 Å². The third-order valence-corrected chi connectivity index (χ3v) is 3.09. The van der Waals surface area contributed by atoms with Gasteiger partial charge in [0.05, 0.1) is 9.40 Å². The molecular formula is C11H12BrN3O6. The van der Waals surface area contributed by atoms with E-state index in [9.17, 15) is 19.7 Å². The molecule has 4 N–H and O–H groups in total. The topological polar surface area (TPSA) is 142 Å². The number of halogens is 1. The van der Waals surface area contributed by atoms with E-state index < -0.39 is 29.6 Å². The molecular weight excluding hydrogens is 350 g/mol. The van der Waals surface area contributed by atoms with Gasteiger partial charge in [-0.1, -0.05) is 0 Å². The lowest BCUT2D eigenvalue weighted by molar-refractivity contribution is -0.385. The molecule has 0 saturated heterocycles. The van der Waals surface area contributed by atoms with E-state index in [1.54, 1.807) is 0 Å². The monoisotopic (exact) mass is 361 g/mol. The van der Waals surface area contributed by atoms with Gasteiger partial charge in [0.25, 0.3) is 5.69 Å². The fourth-order valence-corrected chi connectivity index (χ4v) is 1.83. The molecule has 0 unspecified atom stereocenters. The van der Waals surface area contributed by atoms with Gasteiger partial charge in [-0.2, -0.15) is 0 Å². The number of amides is 2. The third kappa shape index (κ3) is 5.00. The lowest BCUT2D eigenvalue weighted by Crippen LogP contribution is -2.43. The van der Waals surface area contributed by atoms with Gasteiger partial charge in [0.1, 0.15) is 6.04 Å². The number of rotatable bonds is 6. The van der Waals surface area contributed by atoms with Crippen molar-refractivity contribution < 1.29 is 24.7 Å². The number of aliphatic hydroxyl groups is 1. The molecule has 0 aliphatic carbocycles. The highest BCUT2D eigenvalue weighted by atomic mass is 79.9. The second-order valence-electron chi connectivity index (χ2n) is 3.92. The van der Waals surface area contributed by atoms with Crippen LogP contribution in [0.15, 0.2) is 22.7 Å². The van der Waals surface area contributed by atoms with Gasteiger partial charge < -0.3 is 20.8 Å². The molecule has 1 aromatic carbocycles. The van der Waals surface area contributed by atoms with Crippen LogP contribution in [-0.2, 0) is 4.79 Å². The molecule has 1 atom stereocenters. The minimum absolute atomic E-state index is 0.135. The van der Waals surface area contributed by atoms with Gasteiger partial charge in [-0.05, 0) is 28.1 Å². The van der Waals surface area contributed by atoms with E-state index in [1.807, 2.05) is 0 Å². The zero-order valence-electron chi connectivity index (χ0n) is 10.6. The molecule has 0 radical (unpaired) electrons. The Kier molecular flexibility index (Phi) is 6.06. The van der Waals surface area contributed by atoms with Crippen molar-refractivity contribution in [3.63, 3.8) is 0 Å². The molecule has 10 heteroatoms. The van der Waals surface area contributed by atoms with Gasteiger partial charge in [0.15, 0.2) is 0 Å². The van der Waals surface area contributed by atoms with Crippen molar-refractivity contribution in [2.24, 2.45) is 0 Å². The summed E-state index contributed by atoms with van der Waals surface area (Å²) in [4.78, 5) is 32.6. The van der Waals surface area contributed by atoms with E-state index in [-0.39, 0.29) is 22.3 Å². The highest BCUT2D eigenvalue weighted by Gasteiger charge is 2.20. The average molecular weight is 362 g/mol. The first kappa shape index (κ1) is 16.9. The van der Waals surface area contributed by atoms with Gasteiger partial charge in [-0.15, -0.1) is 0 Å². The maximum Gasteiger partial charge on any atom is 0.326 e. The summed E-state index contributed by atoms with van der Waals surface area (Å²) in [5.41, 5.74) is -0.103. The highest BCUT2D eigenvalue weighted by Crippen LogP contribution is 2.27. The maximum absolute atomic E-state index is 11.6. The molecule has 0 bridgehead atoms. The lowest BCUT2D eigenvalue weighted by Gasteiger charge is -2.14. The first-order chi connectivity index (χ1) is 9.85. The van der Waals surface area contributed by atoms with Crippen LogP contribution in [0.2, 0.25) is 0 Å². The maximum atomic E-state index is 11.6. The van der Waals surface area contributed by atoms with Crippen molar-refractivity contribution in [3.8, 4) is 0 Å². The number of benzene rings is 1. The summed E-state index contributed by atoms with van der Waals surface area (Å²) in [7, 11) is 0. The number of aliphatic hydroxyl groups excluding tert-OH is 1. The number of nitro groups is 1. The fraction of sp³-hybridized carbons (Fsp3) is 0.273.